The fourth-order valence-electron chi connectivity index (χ4n) is 3.09. The molecule has 21 heavy (non-hydrogen) atoms. The number of halogens is 1. The molecule has 2 heterocycles. The summed E-state index contributed by atoms with van der Waals surface area (Å²) in [6.07, 6.45) is 1.33. The van der Waals surface area contributed by atoms with Gasteiger partial charge >= 0.3 is 0 Å². The standard InChI is InChI=1S/C16H27N3S.HI/c1-12-7-13(2)10-19(9-12)16(17-4)18-8-14(3)15-5-6-20-11-15;/h5-6,11-14H,7-10H2,1-4H3,(H,17,18);1H. The van der Waals surface area contributed by atoms with Crippen LogP contribution in [-0.4, -0.2) is 37.5 Å². The maximum absolute atomic E-state index is 4.47. The topological polar surface area (TPSA) is 27.6 Å². The Kier molecular flexibility index (Phi) is 8.02. The van der Waals surface area contributed by atoms with Gasteiger partial charge in [0, 0.05) is 26.7 Å². The van der Waals surface area contributed by atoms with E-state index in [2.05, 4.69) is 52.8 Å². The van der Waals surface area contributed by atoms with Crippen molar-refractivity contribution in [1.29, 1.82) is 0 Å². The molecule has 1 aliphatic rings. The van der Waals surface area contributed by atoms with Crippen LogP contribution in [0.4, 0.5) is 0 Å². The zero-order valence-electron chi connectivity index (χ0n) is 13.5. The molecule has 1 N–H and O–H groups in total. The molecule has 0 saturated carbocycles. The van der Waals surface area contributed by atoms with Crippen molar-refractivity contribution in [1.82, 2.24) is 10.2 Å². The van der Waals surface area contributed by atoms with Gasteiger partial charge in [-0.3, -0.25) is 4.99 Å². The highest BCUT2D eigenvalue weighted by atomic mass is 127. The lowest BCUT2D eigenvalue weighted by molar-refractivity contribution is 0.208. The number of nitrogens with zero attached hydrogens (tertiary/aromatic N) is 2. The SMILES string of the molecule is CN=C(NCC(C)c1ccsc1)N1CC(C)CC(C)C1.I. The van der Waals surface area contributed by atoms with E-state index < -0.39 is 0 Å². The molecule has 2 rings (SSSR count). The fourth-order valence-corrected chi connectivity index (χ4v) is 3.87. The van der Waals surface area contributed by atoms with Crippen molar-refractivity contribution < 1.29 is 0 Å². The molecule has 0 radical (unpaired) electrons. The van der Waals surface area contributed by atoms with E-state index in [0.29, 0.717) is 5.92 Å². The van der Waals surface area contributed by atoms with E-state index in [-0.39, 0.29) is 24.0 Å². The summed E-state index contributed by atoms with van der Waals surface area (Å²) in [5, 5.41) is 7.93. The minimum absolute atomic E-state index is 0. The molecular formula is C16H28IN3S. The van der Waals surface area contributed by atoms with E-state index in [0.717, 1.165) is 37.4 Å². The highest BCUT2D eigenvalue weighted by Crippen LogP contribution is 2.21. The molecule has 3 atom stereocenters. The van der Waals surface area contributed by atoms with Crippen LogP contribution in [-0.2, 0) is 0 Å². The number of hydrogen-bond donors (Lipinski definition) is 1. The van der Waals surface area contributed by atoms with Gasteiger partial charge in [-0.1, -0.05) is 20.8 Å². The second kappa shape index (κ2) is 8.98. The average Bonchev–Trinajstić information content (AvgIpc) is 2.92. The molecule has 120 valence electrons. The smallest absolute Gasteiger partial charge is 0.193 e. The maximum Gasteiger partial charge on any atom is 0.193 e. The van der Waals surface area contributed by atoms with Gasteiger partial charge in [0.05, 0.1) is 0 Å². The zero-order chi connectivity index (χ0) is 14.5. The average molecular weight is 421 g/mol. The molecule has 1 aliphatic heterocycles. The van der Waals surface area contributed by atoms with Gasteiger partial charge in [-0.2, -0.15) is 11.3 Å². The minimum Gasteiger partial charge on any atom is -0.356 e. The predicted octanol–water partition coefficient (Wildman–Crippen LogP) is 4.02. The molecule has 1 fully saturated rings. The van der Waals surface area contributed by atoms with Crippen molar-refractivity contribution in [3.8, 4) is 0 Å². The Balaban J connectivity index is 0.00000220. The van der Waals surface area contributed by atoms with Crippen LogP contribution in [0.2, 0.25) is 0 Å². The second-order valence-electron chi connectivity index (χ2n) is 6.24. The van der Waals surface area contributed by atoms with E-state index in [1.807, 2.05) is 7.05 Å². The lowest BCUT2D eigenvalue weighted by Gasteiger charge is -2.37. The quantitative estimate of drug-likeness (QED) is 0.454. The summed E-state index contributed by atoms with van der Waals surface area (Å²) >= 11 is 1.77. The van der Waals surface area contributed by atoms with Crippen LogP contribution < -0.4 is 5.32 Å². The molecule has 1 aromatic heterocycles. The highest BCUT2D eigenvalue weighted by Gasteiger charge is 2.24. The van der Waals surface area contributed by atoms with Gasteiger partial charge in [-0.25, -0.2) is 0 Å². The minimum atomic E-state index is 0. The van der Waals surface area contributed by atoms with E-state index in [1.165, 1.54) is 12.0 Å². The highest BCUT2D eigenvalue weighted by molar-refractivity contribution is 14.0. The van der Waals surface area contributed by atoms with Crippen molar-refractivity contribution in [2.45, 2.75) is 33.1 Å². The van der Waals surface area contributed by atoms with Gasteiger partial charge in [0.25, 0.3) is 0 Å². The Hall–Kier alpha value is -0.300. The molecule has 1 saturated heterocycles. The molecule has 0 aliphatic carbocycles. The van der Waals surface area contributed by atoms with Crippen LogP contribution in [0.15, 0.2) is 21.8 Å². The van der Waals surface area contributed by atoms with Crippen LogP contribution in [0.3, 0.4) is 0 Å². The molecule has 0 amide bonds. The van der Waals surface area contributed by atoms with Crippen LogP contribution in [0.5, 0.6) is 0 Å². The zero-order valence-corrected chi connectivity index (χ0v) is 16.7. The molecule has 0 bridgehead atoms. The lowest BCUT2D eigenvalue weighted by Crippen LogP contribution is -2.49. The van der Waals surface area contributed by atoms with Gasteiger partial charge in [-0.15, -0.1) is 24.0 Å². The molecule has 3 unspecified atom stereocenters. The Bertz CT molecular complexity index is 423. The van der Waals surface area contributed by atoms with Crippen LogP contribution in [0.1, 0.15) is 38.7 Å². The number of aliphatic imine (C=N–C) groups is 1. The first-order valence-electron chi connectivity index (χ1n) is 7.57. The number of guanidine groups is 1. The lowest BCUT2D eigenvalue weighted by atomic mass is 9.92. The first-order chi connectivity index (χ1) is 9.60. The summed E-state index contributed by atoms with van der Waals surface area (Å²) in [7, 11) is 1.89. The Morgan fingerprint density at radius 2 is 2.10 bits per heavy atom. The first kappa shape index (κ1) is 18.7. The summed E-state index contributed by atoms with van der Waals surface area (Å²) < 4.78 is 0. The second-order valence-corrected chi connectivity index (χ2v) is 7.02. The van der Waals surface area contributed by atoms with E-state index in [4.69, 9.17) is 0 Å². The van der Waals surface area contributed by atoms with Crippen molar-refractivity contribution in [3.63, 3.8) is 0 Å². The van der Waals surface area contributed by atoms with Crippen LogP contribution in [0.25, 0.3) is 0 Å². The summed E-state index contributed by atoms with van der Waals surface area (Å²) in [6, 6.07) is 2.21. The monoisotopic (exact) mass is 421 g/mol. The number of nitrogens with one attached hydrogen (secondary N) is 1. The number of piperidine rings is 1. The Labute approximate surface area is 150 Å². The van der Waals surface area contributed by atoms with Gasteiger partial charge < -0.3 is 10.2 Å². The summed E-state index contributed by atoms with van der Waals surface area (Å²) in [5.74, 6) is 3.10. The van der Waals surface area contributed by atoms with Crippen molar-refractivity contribution >= 4 is 41.3 Å². The molecule has 0 aromatic carbocycles. The van der Waals surface area contributed by atoms with Crippen molar-refractivity contribution in [2.75, 3.05) is 26.7 Å². The van der Waals surface area contributed by atoms with E-state index >= 15 is 0 Å². The van der Waals surface area contributed by atoms with Gasteiger partial charge in [-0.05, 0) is 46.6 Å². The largest absolute Gasteiger partial charge is 0.356 e. The number of likely N-dealkylation sites (tertiary alicyclic amines) is 1. The summed E-state index contributed by atoms with van der Waals surface area (Å²) in [4.78, 5) is 6.88. The molecule has 3 nitrogen and oxygen atoms in total. The maximum atomic E-state index is 4.47. The number of rotatable bonds is 3. The molecule has 1 aromatic rings. The normalized spacial score (nSPS) is 24.4. The van der Waals surface area contributed by atoms with Crippen LogP contribution in [0, 0.1) is 11.8 Å². The Morgan fingerprint density at radius 3 is 2.62 bits per heavy atom. The third-order valence-electron chi connectivity index (χ3n) is 4.06. The number of thiophene rings is 1. The van der Waals surface area contributed by atoms with Crippen molar-refractivity contribution in [3.05, 3.63) is 22.4 Å². The van der Waals surface area contributed by atoms with Gasteiger partial charge in [0.2, 0.25) is 0 Å². The third-order valence-corrected chi connectivity index (χ3v) is 4.76. The first-order valence-corrected chi connectivity index (χ1v) is 8.52. The molecule has 5 heteroatoms. The summed E-state index contributed by atoms with van der Waals surface area (Å²) in [6.45, 7) is 10.1. The Morgan fingerprint density at radius 1 is 1.43 bits per heavy atom. The fraction of sp³-hybridized carbons (Fsp3) is 0.688. The van der Waals surface area contributed by atoms with Crippen molar-refractivity contribution in [2.24, 2.45) is 16.8 Å². The third kappa shape index (κ3) is 5.43. The van der Waals surface area contributed by atoms with E-state index in [1.54, 1.807) is 11.3 Å². The van der Waals surface area contributed by atoms with Crippen LogP contribution >= 0.6 is 35.3 Å². The van der Waals surface area contributed by atoms with E-state index in [9.17, 15) is 0 Å². The molecular weight excluding hydrogens is 393 g/mol. The molecule has 0 spiro atoms. The van der Waals surface area contributed by atoms with Gasteiger partial charge in [0.1, 0.15) is 0 Å². The predicted molar refractivity (Wildman–Crippen MR) is 104 cm³/mol. The van der Waals surface area contributed by atoms with Gasteiger partial charge in [0.15, 0.2) is 5.96 Å². The number of hydrogen-bond acceptors (Lipinski definition) is 2. The summed E-state index contributed by atoms with van der Waals surface area (Å²) in [5.41, 5.74) is 1.42.